The predicted octanol–water partition coefficient (Wildman–Crippen LogP) is 5.70. The third-order valence-corrected chi connectivity index (χ3v) is 5.08. The van der Waals surface area contributed by atoms with Crippen LogP contribution in [0.5, 0.6) is 11.5 Å². The number of fused-ring (bicyclic) bond motifs is 1. The van der Waals surface area contributed by atoms with E-state index < -0.39 is 0 Å². The number of amides is 1. The zero-order valence-corrected chi connectivity index (χ0v) is 18.5. The average molecular weight is 479 g/mol. The minimum Gasteiger partial charge on any atom is -0.497 e. The molecular formula is C24H19BrN2O4. The molecule has 0 aliphatic rings. The second-order valence-electron chi connectivity index (χ2n) is 6.64. The van der Waals surface area contributed by atoms with Crippen molar-refractivity contribution in [1.29, 1.82) is 0 Å². The molecule has 1 amide bonds. The van der Waals surface area contributed by atoms with Crippen LogP contribution in [-0.2, 0) is 0 Å². The maximum Gasteiger partial charge on any atom is 0.261 e. The summed E-state index contributed by atoms with van der Waals surface area (Å²) in [7, 11) is 3.18. The number of hydrogen-bond donors (Lipinski definition) is 1. The van der Waals surface area contributed by atoms with Crippen molar-refractivity contribution in [2.45, 2.75) is 0 Å². The van der Waals surface area contributed by atoms with Crippen molar-refractivity contribution in [3.63, 3.8) is 0 Å². The van der Waals surface area contributed by atoms with Gasteiger partial charge in [-0.25, -0.2) is 4.99 Å². The van der Waals surface area contributed by atoms with E-state index in [0.29, 0.717) is 34.0 Å². The number of ether oxygens (including phenoxy) is 2. The van der Waals surface area contributed by atoms with Gasteiger partial charge in [-0.3, -0.25) is 4.79 Å². The molecule has 0 atom stereocenters. The zero-order valence-electron chi connectivity index (χ0n) is 16.9. The van der Waals surface area contributed by atoms with Gasteiger partial charge in [-0.1, -0.05) is 22.0 Å². The van der Waals surface area contributed by atoms with Crippen molar-refractivity contribution in [2.75, 3.05) is 19.5 Å². The van der Waals surface area contributed by atoms with Crippen LogP contribution in [0.2, 0.25) is 0 Å². The first-order valence-electron chi connectivity index (χ1n) is 9.43. The molecule has 31 heavy (non-hydrogen) atoms. The molecule has 1 N–H and O–H groups in total. The van der Waals surface area contributed by atoms with E-state index in [1.807, 2.05) is 36.4 Å². The van der Waals surface area contributed by atoms with Crippen LogP contribution in [0.1, 0.15) is 10.4 Å². The SMILES string of the molecule is COc1ccc(NC(=O)c2cc3cc(Br)ccc3oc2=Nc2cccc(OC)c2)cc1. The monoisotopic (exact) mass is 478 g/mol. The lowest BCUT2D eigenvalue weighted by molar-refractivity contribution is 0.102. The van der Waals surface area contributed by atoms with Gasteiger partial charge in [0.25, 0.3) is 5.91 Å². The Morgan fingerprint density at radius 3 is 2.45 bits per heavy atom. The number of halogens is 1. The van der Waals surface area contributed by atoms with Crippen molar-refractivity contribution in [3.05, 3.63) is 88.4 Å². The summed E-state index contributed by atoms with van der Waals surface area (Å²) in [4.78, 5) is 17.7. The number of nitrogens with one attached hydrogen (secondary N) is 1. The molecular weight excluding hydrogens is 460 g/mol. The number of benzene rings is 3. The van der Waals surface area contributed by atoms with Crippen molar-refractivity contribution >= 4 is 44.2 Å². The third-order valence-electron chi connectivity index (χ3n) is 4.59. The van der Waals surface area contributed by atoms with Crippen LogP contribution >= 0.6 is 15.9 Å². The number of hydrogen-bond acceptors (Lipinski definition) is 5. The van der Waals surface area contributed by atoms with E-state index in [1.54, 1.807) is 50.6 Å². The van der Waals surface area contributed by atoms with Gasteiger partial charge in [0.1, 0.15) is 22.6 Å². The quantitative estimate of drug-likeness (QED) is 0.399. The van der Waals surface area contributed by atoms with Crippen LogP contribution in [0.25, 0.3) is 11.0 Å². The summed E-state index contributed by atoms with van der Waals surface area (Å²) in [5, 5.41) is 3.66. The van der Waals surface area contributed by atoms with Gasteiger partial charge in [-0.2, -0.15) is 0 Å². The van der Waals surface area contributed by atoms with Gasteiger partial charge in [0, 0.05) is 21.6 Å². The molecule has 0 aliphatic heterocycles. The standard InChI is InChI=1S/C24H19BrN2O4/c1-29-19-9-7-17(8-10-19)26-23(28)21-13-15-12-16(25)6-11-22(15)31-24(21)27-18-4-3-5-20(14-18)30-2/h3-14H,1-2H3,(H,26,28). The molecule has 156 valence electrons. The molecule has 6 nitrogen and oxygen atoms in total. The number of rotatable bonds is 5. The Morgan fingerprint density at radius 2 is 1.71 bits per heavy atom. The van der Waals surface area contributed by atoms with E-state index >= 15 is 0 Å². The van der Waals surface area contributed by atoms with Crippen molar-refractivity contribution < 1.29 is 18.7 Å². The second-order valence-corrected chi connectivity index (χ2v) is 7.56. The topological polar surface area (TPSA) is 73.1 Å². The Hall–Kier alpha value is -3.58. The van der Waals surface area contributed by atoms with Crippen molar-refractivity contribution in [2.24, 2.45) is 4.99 Å². The lowest BCUT2D eigenvalue weighted by Crippen LogP contribution is -2.21. The van der Waals surface area contributed by atoms with Crippen LogP contribution in [0.4, 0.5) is 11.4 Å². The number of carbonyl (C=O) groups is 1. The molecule has 1 heterocycles. The summed E-state index contributed by atoms with van der Waals surface area (Å²) in [6, 6.07) is 21.7. The van der Waals surface area contributed by atoms with E-state index in [0.717, 1.165) is 9.86 Å². The third kappa shape index (κ3) is 4.78. The van der Waals surface area contributed by atoms with E-state index in [-0.39, 0.29) is 11.5 Å². The fourth-order valence-corrected chi connectivity index (χ4v) is 3.40. The highest BCUT2D eigenvalue weighted by atomic mass is 79.9. The number of anilines is 1. The molecule has 0 unspecified atom stereocenters. The highest BCUT2D eigenvalue weighted by Crippen LogP contribution is 2.22. The number of carbonyl (C=O) groups excluding carboxylic acids is 1. The first kappa shape index (κ1) is 20.7. The molecule has 0 bridgehead atoms. The summed E-state index contributed by atoms with van der Waals surface area (Å²) >= 11 is 3.46. The minimum absolute atomic E-state index is 0.203. The first-order chi connectivity index (χ1) is 15.1. The van der Waals surface area contributed by atoms with Gasteiger partial charge >= 0.3 is 0 Å². The van der Waals surface area contributed by atoms with Gasteiger partial charge in [-0.05, 0) is 60.7 Å². The van der Waals surface area contributed by atoms with Crippen molar-refractivity contribution in [1.82, 2.24) is 0 Å². The van der Waals surface area contributed by atoms with E-state index in [1.165, 1.54) is 0 Å². The fraction of sp³-hybridized carbons (Fsp3) is 0.0833. The van der Waals surface area contributed by atoms with E-state index in [2.05, 4.69) is 26.2 Å². The first-order valence-corrected chi connectivity index (χ1v) is 10.2. The molecule has 3 aromatic carbocycles. The number of nitrogens with zero attached hydrogens (tertiary/aromatic N) is 1. The Kier molecular flexibility index (Phi) is 6.04. The normalized spacial score (nSPS) is 11.4. The van der Waals surface area contributed by atoms with Crippen LogP contribution in [0.3, 0.4) is 0 Å². The fourth-order valence-electron chi connectivity index (χ4n) is 3.02. The average Bonchev–Trinajstić information content (AvgIpc) is 2.79. The van der Waals surface area contributed by atoms with E-state index in [4.69, 9.17) is 13.9 Å². The Labute approximate surface area is 187 Å². The van der Waals surface area contributed by atoms with Crippen LogP contribution in [-0.4, -0.2) is 20.1 Å². The van der Waals surface area contributed by atoms with Gasteiger partial charge in [0.2, 0.25) is 5.55 Å². The molecule has 7 heteroatoms. The highest BCUT2D eigenvalue weighted by Gasteiger charge is 2.14. The highest BCUT2D eigenvalue weighted by molar-refractivity contribution is 9.10. The Bertz CT molecular complexity index is 1310. The Morgan fingerprint density at radius 1 is 0.935 bits per heavy atom. The van der Waals surface area contributed by atoms with Gasteiger partial charge < -0.3 is 19.2 Å². The molecule has 1 aromatic heterocycles. The summed E-state index contributed by atoms with van der Waals surface area (Å²) < 4.78 is 17.3. The van der Waals surface area contributed by atoms with Gasteiger partial charge in [0.15, 0.2) is 0 Å². The molecule has 0 radical (unpaired) electrons. The molecule has 0 fully saturated rings. The summed E-state index contributed by atoms with van der Waals surface area (Å²) in [5.41, 5.74) is 2.37. The Balaban J connectivity index is 1.81. The summed E-state index contributed by atoms with van der Waals surface area (Å²) in [5.74, 6) is 1.03. The zero-order chi connectivity index (χ0) is 21.8. The molecule has 0 spiro atoms. The lowest BCUT2D eigenvalue weighted by atomic mass is 10.1. The summed E-state index contributed by atoms with van der Waals surface area (Å²) in [6.45, 7) is 0. The van der Waals surface area contributed by atoms with Crippen LogP contribution in [0, 0.1) is 0 Å². The molecule has 0 aliphatic carbocycles. The molecule has 0 saturated heterocycles. The van der Waals surface area contributed by atoms with Gasteiger partial charge in [0.05, 0.1) is 19.9 Å². The minimum atomic E-state index is -0.336. The predicted molar refractivity (Wildman–Crippen MR) is 123 cm³/mol. The molecule has 4 aromatic rings. The van der Waals surface area contributed by atoms with Crippen molar-refractivity contribution in [3.8, 4) is 11.5 Å². The maximum atomic E-state index is 13.1. The molecule has 4 rings (SSSR count). The largest absolute Gasteiger partial charge is 0.497 e. The molecule has 0 saturated carbocycles. The van der Waals surface area contributed by atoms with Crippen LogP contribution in [0.15, 0.2) is 86.7 Å². The second kappa shape index (κ2) is 9.06. The smallest absolute Gasteiger partial charge is 0.261 e. The number of methoxy groups -OCH3 is 2. The van der Waals surface area contributed by atoms with Crippen LogP contribution < -0.4 is 20.3 Å². The maximum absolute atomic E-state index is 13.1. The summed E-state index contributed by atoms with van der Waals surface area (Å²) in [6.07, 6.45) is 0. The van der Waals surface area contributed by atoms with E-state index in [9.17, 15) is 4.79 Å². The van der Waals surface area contributed by atoms with Gasteiger partial charge in [-0.15, -0.1) is 0 Å². The lowest BCUT2D eigenvalue weighted by Gasteiger charge is -2.08.